The van der Waals surface area contributed by atoms with Crippen molar-refractivity contribution in [2.24, 2.45) is 0 Å². The molecule has 0 aromatic carbocycles. The van der Waals surface area contributed by atoms with Gasteiger partial charge >= 0.3 is 5.97 Å². The Bertz CT molecular complexity index is 867. The lowest BCUT2D eigenvalue weighted by molar-refractivity contribution is 0.0525. The van der Waals surface area contributed by atoms with Gasteiger partial charge in [-0.3, -0.25) is 0 Å². The van der Waals surface area contributed by atoms with E-state index in [2.05, 4.69) is 15.1 Å². The van der Waals surface area contributed by atoms with Crippen molar-refractivity contribution in [1.82, 2.24) is 19.6 Å². The Morgan fingerprint density at radius 2 is 2.10 bits per heavy atom. The van der Waals surface area contributed by atoms with E-state index in [0.29, 0.717) is 17.8 Å². The first-order chi connectivity index (χ1) is 10.0. The van der Waals surface area contributed by atoms with Gasteiger partial charge in [0.25, 0.3) is 0 Å². The third kappa shape index (κ3) is 2.03. The molecule has 3 heterocycles. The van der Waals surface area contributed by atoms with Crippen molar-refractivity contribution >= 4 is 22.6 Å². The van der Waals surface area contributed by atoms with Gasteiger partial charge in [-0.15, -0.1) is 0 Å². The summed E-state index contributed by atoms with van der Waals surface area (Å²) in [6.45, 7) is 7.83. The number of carbonyl (C=O) groups is 1. The quantitative estimate of drug-likeness (QED) is 0.676. The average molecular weight is 284 g/mol. The number of fused-ring (bicyclic) bond motifs is 3. The first-order valence-corrected chi connectivity index (χ1v) is 6.82. The Balaban J connectivity index is 2.35. The van der Waals surface area contributed by atoms with E-state index in [1.807, 2.05) is 26.8 Å². The molecular formula is C15H16N4O2. The molecule has 108 valence electrons. The molecule has 0 spiro atoms. The van der Waals surface area contributed by atoms with Gasteiger partial charge in [0.2, 0.25) is 0 Å². The molecule has 0 aliphatic heterocycles. The highest BCUT2D eigenvalue weighted by Gasteiger charge is 2.17. The molecule has 0 saturated carbocycles. The molecule has 0 atom stereocenters. The van der Waals surface area contributed by atoms with Gasteiger partial charge in [0, 0.05) is 17.6 Å². The predicted octanol–water partition coefficient (Wildman–Crippen LogP) is 2.38. The summed E-state index contributed by atoms with van der Waals surface area (Å²) in [5.41, 5.74) is 4.46. The van der Waals surface area contributed by atoms with Gasteiger partial charge in [0.05, 0.1) is 23.6 Å². The van der Waals surface area contributed by atoms with Crippen molar-refractivity contribution in [3.8, 4) is 0 Å². The van der Waals surface area contributed by atoms with E-state index in [1.54, 1.807) is 17.6 Å². The number of aromatic nitrogens is 4. The normalized spacial score (nSPS) is 11.2. The minimum atomic E-state index is -0.361. The number of hydrogen-bond donors (Lipinski definition) is 0. The molecule has 0 unspecified atom stereocenters. The number of rotatable bonds is 2. The van der Waals surface area contributed by atoms with Gasteiger partial charge in [-0.05, 0) is 33.3 Å². The predicted molar refractivity (Wildman–Crippen MR) is 78.5 cm³/mol. The molecule has 6 nitrogen and oxygen atoms in total. The standard InChI is InChI=1S/C15H16N4O2/c1-5-21-15(20)11-7-16-14-13(9(11)3)10(4)17-12-6-8(2)18-19(12)14/h6-7H,5H2,1-4H3. The third-order valence-corrected chi connectivity index (χ3v) is 3.47. The number of nitrogens with zero attached hydrogens (tertiary/aromatic N) is 4. The highest BCUT2D eigenvalue weighted by molar-refractivity contribution is 5.97. The average Bonchev–Trinajstić information content (AvgIpc) is 2.79. The maximum absolute atomic E-state index is 12.0. The minimum absolute atomic E-state index is 0.338. The Kier molecular flexibility index (Phi) is 3.08. The van der Waals surface area contributed by atoms with E-state index in [1.165, 1.54) is 0 Å². The molecule has 0 radical (unpaired) electrons. The zero-order chi connectivity index (χ0) is 15.1. The summed E-state index contributed by atoms with van der Waals surface area (Å²) in [6.07, 6.45) is 1.55. The topological polar surface area (TPSA) is 69.4 Å². The molecule has 0 aliphatic rings. The number of aryl methyl sites for hydroxylation is 3. The van der Waals surface area contributed by atoms with Gasteiger partial charge < -0.3 is 4.74 Å². The smallest absolute Gasteiger partial charge is 0.339 e. The molecule has 0 fully saturated rings. The van der Waals surface area contributed by atoms with Crippen LogP contribution in [0.4, 0.5) is 0 Å². The van der Waals surface area contributed by atoms with Crippen LogP contribution in [0.3, 0.4) is 0 Å². The van der Waals surface area contributed by atoms with Gasteiger partial charge in [-0.2, -0.15) is 9.61 Å². The lowest BCUT2D eigenvalue weighted by Crippen LogP contribution is -2.10. The molecule has 0 N–H and O–H groups in total. The zero-order valence-corrected chi connectivity index (χ0v) is 12.5. The molecule has 0 bridgehead atoms. The van der Waals surface area contributed by atoms with Gasteiger partial charge in [0.15, 0.2) is 11.3 Å². The second-order valence-electron chi connectivity index (χ2n) is 4.97. The van der Waals surface area contributed by atoms with Crippen molar-refractivity contribution in [1.29, 1.82) is 0 Å². The van der Waals surface area contributed by atoms with Gasteiger partial charge in [-0.25, -0.2) is 14.8 Å². The Morgan fingerprint density at radius 3 is 2.81 bits per heavy atom. The summed E-state index contributed by atoms with van der Waals surface area (Å²) >= 11 is 0. The maximum Gasteiger partial charge on any atom is 0.339 e. The van der Waals surface area contributed by atoms with Gasteiger partial charge in [0.1, 0.15) is 0 Å². The van der Waals surface area contributed by atoms with Crippen LogP contribution in [-0.4, -0.2) is 32.2 Å². The molecule has 0 aliphatic carbocycles. The van der Waals surface area contributed by atoms with Crippen LogP contribution in [0.1, 0.15) is 34.2 Å². The summed E-state index contributed by atoms with van der Waals surface area (Å²) in [4.78, 5) is 20.9. The fourth-order valence-corrected chi connectivity index (χ4v) is 2.55. The molecule has 21 heavy (non-hydrogen) atoms. The molecule has 3 aromatic rings. The van der Waals surface area contributed by atoms with E-state index < -0.39 is 0 Å². The van der Waals surface area contributed by atoms with E-state index in [0.717, 1.165) is 28.0 Å². The first kappa shape index (κ1) is 13.5. The molecule has 3 rings (SSSR count). The Morgan fingerprint density at radius 1 is 1.33 bits per heavy atom. The highest BCUT2D eigenvalue weighted by atomic mass is 16.5. The first-order valence-electron chi connectivity index (χ1n) is 6.82. The van der Waals surface area contributed by atoms with Crippen LogP contribution in [0.5, 0.6) is 0 Å². The van der Waals surface area contributed by atoms with Crippen LogP contribution in [0.25, 0.3) is 16.7 Å². The SMILES string of the molecule is CCOC(=O)c1cnc2c(c(C)nc3cc(C)nn32)c1C. The fourth-order valence-electron chi connectivity index (χ4n) is 2.55. The zero-order valence-electron chi connectivity index (χ0n) is 12.5. The van der Waals surface area contributed by atoms with Crippen molar-refractivity contribution < 1.29 is 9.53 Å². The van der Waals surface area contributed by atoms with Crippen molar-refractivity contribution in [3.05, 3.63) is 34.8 Å². The molecular weight excluding hydrogens is 268 g/mol. The summed E-state index contributed by atoms with van der Waals surface area (Å²) in [6, 6.07) is 1.91. The fraction of sp³-hybridized carbons (Fsp3) is 0.333. The lowest BCUT2D eigenvalue weighted by Gasteiger charge is -2.10. The van der Waals surface area contributed by atoms with Crippen LogP contribution in [-0.2, 0) is 4.74 Å². The number of hydrogen-bond acceptors (Lipinski definition) is 5. The summed E-state index contributed by atoms with van der Waals surface area (Å²) in [5.74, 6) is -0.361. The monoisotopic (exact) mass is 284 g/mol. The largest absolute Gasteiger partial charge is 0.462 e. The number of ether oxygens (including phenoxy) is 1. The highest BCUT2D eigenvalue weighted by Crippen LogP contribution is 2.24. The maximum atomic E-state index is 12.0. The Hall–Kier alpha value is -2.50. The van der Waals surface area contributed by atoms with Crippen molar-refractivity contribution in [2.45, 2.75) is 27.7 Å². The van der Waals surface area contributed by atoms with Crippen LogP contribution in [0, 0.1) is 20.8 Å². The number of carbonyl (C=O) groups excluding carboxylic acids is 1. The molecule has 3 aromatic heterocycles. The van der Waals surface area contributed by atoms with E-state index in [9.17, 15) is 4.79 Å². The van der Waals surface area contributed by atoms with Crippen LogP contribution in [0.15, 0.2) is 12.3 Å². The lowest BCUT2D eigenvalue weighted by atomic mass is 10.1. The molecule has 6 heteroatoms. The van der Waals surface area contributed by atoms with E-state index in [-0.39, 0.29) is 5.97 Å². The van der Waals surface area contributed by atoms with Crippen LogP contribution in [0.2, 0.25) is 0 Å². The minimum Gasteiger partial charge on any atom is -0.462 e. The number of pyridine rings is 1. The Labute approximate surface area is 121 Å². The number of esters is 1. The second-order valence-corrected chi connectivity index (χ2v) is 4.97. The van der Waals surface area contributed by atoms with Crippen LogP contribution < -0.4 is 0 Å². The second kappa shape index (κ2) is 4.80. The summed E-state index contributed by atoms with van der Waals surface area (Å²) < 4.78 is 6.78. The summed E-state index contributed by atoms with van der Waals surface area (Å²) in [7, 11) is 0. The van der Waals surface area contributed by atoms with Gasteiger partial charge in [-0.1, -0.05) is 0 Å². The van der Waals surface area contributed by atoms with Crippen molar-refractivity contribution in [2.75, 3.05) is 6.61 Å². The van der Waals surface area contributed by atoms with E-state index >= 15 is 0 Å². The van der Waals surface area contributed by atoms with Crippen molar-refractivity contribution in [3.63, 3.8) is 0 Å². The van der Waals surface area contributed by atoms with Crippen LogP contribution >= 0.6 is 0 Å². The van der Waals surface area contributed by atoms with E-state index in [4.69, 9.17) is 4.74 Å². The molecule has 0 amide bonds. The summed E-state index contributed by atoms with van der Waals surface area (Å²) in [5, 5.41) is 5.25. The third-order valence-electron chi connectivity index (χ3n) is 3.47. The molecule has 0 saturated heterocycles.